The van der Waals surface area contributed by atoms with Crippen LogP contribution in [0.4, 0.5) is 4.39 Å². The maximum Gasteiger partial charge on any atom is 0.514 e. The molecule has 0 atom stereocenters. The van der Waals surface area contributed by atoms with Crippen LogP contribution in [0, 0.1) is 5.82 Å². The van der Waals surface area contributed by atoms with Gasteiger partial charge in [0.15, 0.2) is 0 Å². The van der Waals surface area contributed by atoms with E-state index in [4.69, 9.17) is 9.31 Å². The number of nitrogens with zero attached hydrogens (tertiary/aromatic N) is 1. The van der Waals surface area contributed by atoms with Crippen molar-refractivity contribution in [2.75, 3.05) is 13.1 Å². The molecule has 1 aromatic heterocycles. The first-order valence-corrected chi connectivity index (χ1v) is 7.02. The van der Waals surface area contributed by atoms with E-state index in [9.17, 15) is 4.39 Å². The summed E-state index contributed by atoms with van der Waals surface area (Å²) in [7, 11) is -0.609. The molecule has 1 aromatic rings. The summed E-state index contributed by atoms with van der Waals surface area (Å²) in [4.78, 5) is 4.54. The molecule has 20 heavy (non-hydrogen) atoms. The van der Waals surface area contributed by atoms with Gasteiger partial charge in [0.25, 0.3) is 0 Å². The van der Waals surface area contributed by atoms with Crippen molar-refractivity contribution in [1.29, 1.82) is 0 Å². The second-order valence-electron chi connectivity index (χ2n) is 6.58. The van der Waals surface area contributed by atoms with E-state index in [0.29, 0.717) is 5.59 Å². The largest absolute Gasteiger partial charge is 0.514 e. The molecule has 2 aliphatic heterocycles. The van der Waals surface area contributed by atoms with Gasteiger partial charge in [0.05, 0.1) is 16.8 Å². The lowest BCUT2D eigenvalue weighted by atomic mass is 9.83. The molecule has 0 saturated carbocycles. The van der Waals surface area contributed by atoms with Gasteiger partial charge in [-0.25, -0.2) is 4.39 Å². The van der Waals surface area contributed by atoms with Gasteiger partial charge in [-0.05, 0) is 39.8 Å². The molecule has 1 N–H and O–H groups in total. The first-order valence-electron chi connectivity index (χ1n) is 7.02. The van der Waals surface area contributed by atoms with E-state index in [2.05, 4.69) is 10.3 Å². The standard InChI is InChI=1S/C14H20BFN2O2/c1-13(2)14(3,4)20-15(19-13)12-6-10(16)5-11(18-12)9-7-17-8-9/h5-6,9,17H,7-8H2,1-4H3. The molecular formula is C14H20BFN2O2. The molecule has 108 valence electrons. The number of hydrogen-bond acceptors (Lipinski definition) is 4. The number of aromatic nitrogens is 1. The molecule has 0 bridgehead atoms. The lowest BCUT2D eigenvalue weighted by Gasteiger charge is -2.32. The summed E-state index contributed by atoms with van der Waals surface area (Å²) in [5, 5.41) is 3.17. The Balaban J connectivity index is 1.89. The number of halogens is 1. The number of rotatable bonds is 2. The molecule has 0 radical (unpaired) electrons. The SMILES string of the molecule is CC1(C)OB(c2cc(F)cc(C3CNC3)n2)OC1(C)C. The zero-order valence-electron chi connectivity index (χ0n) is 12.4. The second-order valence-corrected chi connectivity index (χ2v) is 6.58. The molecule has 0 unspecified atom stereocenters. The Bertz CT molecular complexity index is 516. The van der Waals surface area contributed by atoms with Crippen molar-refractivity contribution in [2.24, 2.45) is 0 Å². The highest BCUT2D eigenvalue weighted by Gasteiger charge is 2.52. The molecule has 0 spiro atoms. The fraction of sp³-hybridized carbons (Fsp3) is 0.643. The topological polar surface area (TPSA) is 43.4 Å². The Morgan fingerprint density at radius 1 is 1.20 bits per heavy atom. The molecule has 0 amide bonds. The monoisotopic (exact) mass is 278 g/mol. The van der Waals surface area contributed by atoms with Gasteiger partial charge in [-0.15, -0.1) is 0 Å². The van der Waals surface area contributed by atoms with E-state index in [1.165, 1.54) is 12.1 Å². The highest BCUT2D eigenvalue weighted by atomic mass is 19.1. The predicted octanol–water partition coefficient (Wildman–Crippen LogP) is 1.21. The summed E-state index contributed by atoms with van der Waals surface area (Å²) in [5.74, 6) is -0.00140. The molecule has 0 aliphatic carbocycles. The van der Waals surface area contributed by atoms with E-state index >= 15 is 0 Å². The van der Waals surface area contributed by atoms with Gasteiger partial charge in [-0.1, -0.05) is 0 Å². The molecule has 2 aliphatic rings. The van der Waals surface area contributed by atoms with E-state index in [1.807, 2.05) is 27.7 Å². The van der Waals surface area contributed by atoms with E-state index < -0.39 is 18.3 Å². The van der Waals surface area contributed by atoms with Crippen LogP contribution in [0.3, 0.4) is 0 Å². The number of nitrogens with one attached hydrogen (secondary N) is 1. The van der Waals surface area contributed by atoms with Crippen molar-refractivity contribution in [3.8, 4) is 0 Å². The average molecular weight is 278 g/mol. The van der Waals surface area contributed by atoms with Crippen LogP contribution in [0.25, 0.3) is 0 Å². The third kappa shape index (κ3) is 2.26. The lowest BCUT2D eigenvalue weighted by Crippen LogP contribution is -2.43. The molecule has 6 heteroatoms. The smallest absolute Gasteiger partial charge is 0.398 e. The highest BCUT2D eigenvalue weighted by molar-refractivity contribution is 6.61. The van der Waals surface area contributed by atoms with Gasteiger partial charge in [0, 0.05) is 24.7 Å². The quantitative estimate of drug-likeness (QED) is 0.826. The van der Waals surface area contributed by atoms with Gasteiger partial charge < -0.3 is 14.6 Å². The van der Waals surface area contributed by atoms with Crippen molar-refractivity contribution < 1.29 is 13.7 Å². The maximum atomic E-state index is 13.8. The minimum atomic E-state index is -0.609. The molecule has 3 heterocycles. The fourth-order valence-corrected chi connectivity index (χ4v) is 2.33. The molecule has 2 saturated heterocycles. The van der Waals surface area contributed by atoms with Crippen molar-refractivity contribution in [3.05, 3.63) is 23.6 Å². The minimum Gasteiger partial charge on any atom is -0.398 e. The number of hydrogen-bond donors (Lipinski definition) is 1. The first-order chi connectivity index (χ1) is 9.28. The van der Waals surface area contributed by atoms with Crippen molar-refractivity contribution in [3.63, 3.8) is 0 Å². The summed E-state index contributed by atoms with van der Waals surface area (Å²) < 4.78 is 25.7. The molecular weight excluding hydrogens is 258 g/mol. The summed E-state index contributed by atoms with van der Waals surface area (Å²) in [6.07, 6.45) is 0. The highest BCUT2D eigenvalue weighted by Crippen LogP contribution is 2.36. The van der Waals surface area contributed by atoms with Crippen LogP contribution in [-0.2, 0) is 9.31 Å². The van der Waals surface area contributed by atoms with Gasteiger partial charge in [0.1, 0.15) is 5.82 Å². The average Bonchev–Trinajstić information content (AvgIpc) is 2.45. The van der Waals surface area contributed by atoms with Crippen LogP contribution in [0.5, 0.6) is 0 Å². The van der Waals surface area contributed by atoms with Crippen molar-refractivity contribution in [2.45, 2.75) is 44.8 Å². The van der Waals surface area contributed by atoms with Crippen LogP contribution >= 0.6 is 0 Å². The van der Waals surface area contributed by atoms with Gasteiger partial charge >= 0.3 is 7.12 Å². The van der Waals surface area contributed by atoms with Crippen LogP contribution in [0.15, 0.2) is 12.1 Å². The Hall–Kier alpha value is -0.975. The molecule has 3 rings (SSSR count). The zero-order chi connectivity index (χ0) is 14.5. The molecule has 2 fully saturated rings. The Labute approximate surface area is 119 Å². The Kier molecular flexibility index (Phi) is 3.16. The number of pyridine rings is 1. The summed E-state index contributed by atoms with van der Waals surface area (Å²) in [6.45, 7) is 9.59. The summed E-state index contributed by atoms with van der Waals surface area (Å²) in [6, 6.07) is 2.90. The lowest BCUT2D eigenvalue weighted by molar-refractivity contribution is 0.00578. The summed E-state index contributed by atoms with van der Waals surface area (Å²) >= 11 is 0. The molecule has 0 aromatic carbocycles. The van der Waals surface area contributed by atoms with E-state index in [1.54, 1.807) is 0 Å². The third-order valence-electron chi connectivity index (χ3n) is 4.52. The predicted molar refractivity (Wildman–Crippen MR) is 75.5 cm³/mol. The Morgan fingerprint density at radius 3 is 2.30 bits per heavy atom. The third-order valence-corrected chi connectivity index (χ3v) is 4.52. The second kappa shape index (κ2) is 4.51. The zero-order valence-corrected chi connectivity index (χ0v) is 12.4. The normalized spacial score (nSPS) is 24.8. The maximum absolute atomic E-state index is 13.8. The first kappa shape index (κ1) is 14.0. The fourth-order valence-electron chi connectivity index (χ4n) is 2.33. The van der Waals surface area contributed by atoms with Crippen molar-refractivity contribution in [1.82, 2.24) is 10.3 Å². The minimum absolute atomic E-state index is 0.284. The van der Waals surface area contributed by atoms with E-state index in [0.717, 1.165) is 18.8 Å². The van der Waals surface area contributed by atoms with Crippen molar-refractivity contribution >= 4 is 12.7 Å². The van der Waals surface area contributed by atoms with Gasteiger partial charge in [-0.2, -0.15) is 0 Å². The van der Waals surface area contributed by atoms with Crippen LogP contribution in [0.2, 0.25) is 0 Å². The van der Waals surface area contributed by atoms with Crippen LogP contribution in [0.1, 0.15) is 39.3 Å². The van der Waals surface area contributed by atoms with Gasteiger partial charge in [-0.3, -0.25) is 4.98 Å². The molecule has 4 nitrogen and oxygen atoms in total. The van der Waals surface area contributed by atoms with E-state index in [-0.39, 0.29) is 11.7 Å². The Morgan fingerprint density at radius 2 is 1.80 bits per heavy atom. The summed E-state index contributed by atoms with van der Waals surface area (Å²) in [5.41, 5.74) is 0.410. The van der Waals surface area contributed by atoms with Crippen LogP contribution < -0.4 is 10.9 Å². The van der Waals surface area contributed by atoms with Gasteiger partial charge in [0.2, 0.25) is 0 Å². The van der Waals surface area contributed by atoms with Crippen LogP contribution in [-0.4, -0.2) is 36.4 Å².